The van der Waals surface area contributed by atoms with Crippen LogP contribution in [0.5, 0.6) is 0 Å². The van der Waals surface area contributed by atoms with Crippen LogP contribution in [0, 0.1) is 0 Å². The van der Waals surface area contributed by atoms with E-state index in [1.807, 2.05) is 12.4 Å². The first-order valence-corrected chi connectivity index (χ1v) is 4.46. The monoisotopic (exact) mass is 212 g/mol. The highest BCUT2D eigenvalue weighted by molar-refractivity contribution is 9.10. The van der Waals surface area contributed by atoms with Crippen molar-refractivity contribution in [1.82, 2.24) is 4.98 Å². The van der Waals surface area contributed by atoms with Gasteiger partial charge in [-0.1, -0.05) is 0 Å². The number of halogens is 1. The van der Waals surface area contributed by atoms with E-state index in [-0.39, 0.29) is 6.04 Å². The van der Waals surface area contributed by atoms with Gasteiger partial charge in [0.05, 0.1) is 0 Å². The molecule has 0 aliphatic heterocycles. The molecule has 0 saturated carbocycles. The number of nitrogens with two attached hydrogens (primary N) is 1. The molecule has 0 saturated heterocycles. The van der Waals surface area contributed by atoms with Crippen molar-refractivity contribution in [2.45, 2.75) is 18.9 Å². The van der Waals surface area contributed by atoms with Crippen molar-refractivity contribution in [2.75, 3.05) is 0 Å². The Morgan fingerprint density at radius 2 is 2.36 bits per heavy atom. The molecule has 0 spiro atoms. The average molecular weight is 213 g/mol. The Morgan fingerprint density at radius 1 is 1.55 bits per heavy atom. The highest BCUT2D eigenvalue weighted by Crippen LogP contribution is 2.33. The van der Waals surface area contributed by atoms with E-state index < -0.39 is 0 Å². The number of nitrogens with zero attached hydrogens (tertiary/aromatic N) is 1. The first-order chi connectivity index (χ1) is 5.29. The number of rotatable bonds is 0. The van der Waals surface area contributed by atoms with E-state index in [1.165, 1.54) is 11.1 Å². The summed E-state index contributed by atoms with van der Waals surface area (Å²) < 4.78 is 1.06. The van der Waals surface area contributed by atoms with E-state index >= 15 is 0 Å². The molecular formula is C8H9BrN2. The Hall–Kier alpha value is -0.410. The number of hydrogen-bond acceptors (Lipinski definition) is 2. The highest BCUT2D eigenvalue weighted by Gasteiger charge is 2.21. The number of hydrogen-bond donors (Lipinski definition) is 1. The Balaban J connectivity index is 2.58. The summed E-state index contributed by atoms with van der Waals surface area (Å²) >= 11 is 3.45. The van der Waals surface area contributed by atoms with Gasteiger partial charge < -0.3 is 5.73 Å². The highest BCUT2D eigenvalue weighted by atomic mass is 79.9. The molecule has 3 heteroatoms. The quantitative estimate of drug-likeness (QED) is 0.713. The van der Waals surface area contributed by atoms with Gasteiger partial charge in [-0.2, -0.15) is 0 Å². The van der Waals surface area contributed by atoms with Gasteiger partial charge in [-0.15, -0.1) is 0 Å². The molecule has 1 aliphatic rings. The van der Waals surface area contributed by atoms with Crippen molar-refractivity contribution in [3.63, 3.8) is 0 Å². The molecule has 1 aromatic rings. The molecule has 0 fully saturated rings. The fourth-order valence-electron chi connectivity index (χ4n) is 1.55. The minimum absolute atomic E-state index is 0.211. The van der Waals surface area contributed by atoms with Gasteiger partial charge in [0.2, 0.25) is 0 Å². The van der Waals surface area contributed by atoms with Gasteiger partial charge >= 0.3 is 0 Å². The zero-order chi connectivity index (χ0) is 7.84. The molecule has 1 heterocycles. The van der Waals surface area contributed by atoms with Crippen LogP contribution in [0.3, 0.4) is 0 Å². The van der Waals surface area contributed by atoms with Gasteiger partial charge in [-0.3, -0.25) is 4.98 Å². The molecule has 58 valence electrons. The van der Waals surface area contributed by atoms with Crippen LogP contribution in [0.4, 0.5) is 0 Å². The third kappa shape index (κ3) is 1.08. The molecule has 1 aromatic heterocycles. The van der Waals surface area contributed by atoms with E-state index in [9.17, 15) is 0 Å². The first kappa shape index (κ1) is 7.25. The lowest BCUT2D eigenvalue weighted by atomic mass is 10.1. The fraction of sp³-hybridized carbons (Fsp3) is 0.375. The number of aryl methyl sites for hydroxylation is 1. The molecular weight excluding hydrogens is 204 g/mol. The summed E-state index contributed by atoms with van der Waals surface area (Å²) in [5.41, 5.74) is 8.44. The van der Waals surface area contributed by atoms with E-state index in [4.69, 9.17) is 5.73 Å². The minimum atomic E-state index is 0.211. The Kier molecular flexibility index (Phi) is 1.69. The first-order valence-electron chi connectivity index (χ1n) is 3.67. The van der Waals surface area contributed by atoms with E-state index in [0.29, 0.717) is 0 Å². The summed E-state index contributed by atoms with van der Waals surface area (Å²) in [7, 11) is 0. The number of pyridine rings is 1. The molecule has 1 atom stereocenters. The van der Waals surface area contributed by atoms with Crippen LogP contribution in [0.1, 0.15) is 23.6 Å². The van der Waals surface area contributed by atoms with Gasteiger partial charge in [-0.25, -0.2) is 0 Å². The average Bonchev–Trinajstić information content (AvgIpc) is 2.34. The van der Waals surface area contributed by atoms with Crippen molar-refractivity contribution in [3.8, 4) is 0 Å². The summed E-state index contributed by atoms with van der Waals surface area (Å²) in [6, 6.07) is 0.211. The standard InChI is InChI=1S/C8H9BrN2/c9-6-4-11-3-5-1-2-7(10)8(5)6/h3-4,7H,1-2,10H2/t7-/m1/s1. The maximum atomic E-state index is 5.89. The van der Waals surface area contributed by atoms with Crippen molar-refractivity contribution in [3.05, 3.63) is 28.0 Å². The second-order valence-corrected chi connectivity index (χ2v) is 3.69. The Morgan fingerprint density at radius 3 is 3.09 bits per heavy atom. The Labute approximate surface area is 73.9 Å². The van der Waals surface area contributed by atoms with Gasteiger partial charge in [-0.05, 0) is 39.9 Å². The van der Waals surface area contributed by atoms with Crippen LogP contribution in [0.25, 0.3) is 0 Å². The van der Waals surface area contributed by atoms with E-state index in [0.717, 1.165) is 17.3 Å². The fourth-order valence-corrected chi connectivity index (χ4v) is 2.22. The molecule has 2 N–H and O–H groups in total. The predicted molar refractivity (Wildman–Crippen MR) is 47.2 cm³/mol. The van der Waals surface area contributed by atoms with Gasteiger partial charge in [0.1, 0.15) is 0 Å². The normalized spacial score (nSPS) is 21.8. The van der Waals surface area contributed by atoms with Crippen LogP contribution < -0.4 is 5.73 Å². The summed E-state index contributed by atoms with van der Waals surface area (Å²) in [6.45, 7) is 0. The largest absolute Gasteiger partial charge is 0.324 e. The molecule has 0 bridgehead atoms. The summed E-state index contributed by atoms with van der Waals surface area (Å²) in [5, 5.41) is 0. The molecule has 1 aliphatic carbocycles. The Bertz CT molecular complexity index is 285. The molecule has 11 heavy (non-hydrogen) atoms. The molecule has 0 aromatic carbocycles. The zero-order valence-corrected chi connectivity index (χ0v) is 7.63. The van der Waals surface area contributed by atoms with Crippen LogP contribution in [-0.2, 0) is 6.42 Å². The van der Waals surface area contributed by atoms with Crippen molar-refractivity contribution >= 4 is 15.9 Å². The van der Waals surface area contributed by atoms with E-state index in [1.54, 1.807) is 0 Å². The van der Waals surface area contributed by atoms with Crippen molar-refractivity contribution in [2.24, 2.45) is 5.73 Å². The predicted octanol–water partition coefficient (Wildman–Crippen LogP) is 1.79. The summed E-state index contributed by atoms with van der Waals surface area (Å²) in [6.07, 6.45) is 5.85. The van der Waals surface area contributed by atoms with Crippen LogP contribution in [-0.4, -0.2) is 4.98 Å². The second kappa shape index (κ2) is 2.57. The van der Waals surface area contributed by atoms with Crippen LogP contribution in [0.15, 0.2) is 16.9 Å². The summed E-state index contributed by atoms with van der Waals surface area (Å²) in [4.78, 5) is 4.09. The SMILES string of the molecule is N[C@@H]1CCc2cncc(Br)c21. The third-order valence-corrected chi connectivity index (χ3v) is 2.75. The van der Waals surface area contributed by atoms with Gasteiger partial charge in [0, 0.05) is 22.9 Å². The number of aromatic nitrogens is 1. The zero-order valence-electron chi connectivity index (χ0n) is 6.05. The topological polar surface area (TPSA) is 38.9 Å². The second-order valence-electron chi connectivity index (χ2n) is 2.84. The van der Waals surface area contributed by atoms with Gasteiger partial charge in [0.25, 0.3) is 0 Å². The molecule has 2 nitrogen and oxygen atoms in total. The lowest BCUT2D eigenvalue weighted by molar-refractivity contribution is 0.711. The van der Waals surface area contributed by atoms with Gasteiger partial charge in [0.15, 0.2) is 0 Å². The smallest absolute Gasteiger partial charge is 0.0413 e. The van der Waals surface area contributed by atoms with E-state index in [2.05, 4.69) is 20.9 Å². The lowest BCUT2D eigenvalue weighted by Crippen LogP contribution is -2.05. The third-order valence-electron chi connectivity index (χ3n) is 2.12. The minimum Gasteiger partial charge on any atom is -0.324 e. The summed E-state index contributed by atoms with van der Waals surface area (Å²) in [5.74, 6) is 0. The lowest BCUT2D eigenvalue weighted by Gasteiger charge is -2.05. The molecule has 0 radical (unpaired) electrons. The molecule has 0 amide bonds. The van der Waals surface area contributed by atoms with Crippen molar-refractivity contribution in [1.29, 1.82) is 0 Å². The molecule has 2 rings (SSSR count). The van der Waals surface area contributed by atoms with Crippen LogP contribution in [0.2, 0.25) is 0 Å². The van der Waals surface area contributed by atoms with Crippen molar-refractivity contribution < 1.29 is 0 Å². The molecule has 0 unspecified atom stereocenters. The maximum Gasteiger partial charge on any atom is 0.0413 e. The number of fused-ring (bicyclic) bond motifs is 1. The maximum absolute atomic E-state index is 5.89. The van der Waals surface area contributed by atoms with Crippen LogP contribution >= 0.6 is 15.9 Å².